The molecular formula is C15H24BNO3. The third-order valence-corrected chi connectivity index (χ3v) is 3.90. The van der Waals surface area contributed by atoms with Crippen molar-refractivity contribution in [2.24, 2.45) is 5.92 Å². The second-order valence-corrected chi connectivity index (χ2v) is 5.91. The molecule has 1 aliphatic rings. The van der Waals surface area contributed by atoms with Crippen LogP contribution in [-0.4, -0.2) is 41.8 Å². The molecule has 0 spiro atoms. The lowest BCUT2D eigenvalue weighted by molar-refractivity contribution is 0.201. The predicted molar refractivity (Wildman–Crippen MR) is 81.1 cm³/mol. The summed E-state index contributed by atoms with van der Waals surface area (Å²) in [6.07, 6.45) is 2.66. The Kier molecular flexibility index (Phi) is 5.08. The molecule has 0 atom stereocenters. The Morgan fingerprint density at radius 1 is 1.35 bits per heavy atom. The van der Waals surface area contributed by atoms with Gasteiger partial charge >= 0.3 is 7.12 Å². The molecule has 4 nitrogen and oxygen atoms in total. The maximum Gasteiger partial charge on any atom is 0.488 e. The number of benzene rings is 1. The zero-order valence-corrected chi connectivity index (χ0v) is 12.5. The van der Waals surface area contributed by atoms with Crippen LogP contribution in [0.15, 0.2) is 18.2 Å². The molecule has 2 rings (SSSR count). The maximum atomic E-state index is 9.31. The van der Waals surface area contributed by atoms with Crippen molar-refractivity contribution in [1.29, 1.82) is 0 Å². The Balaban J connectivity index is 2.17. The predicted octanol–water partition coefficient (Wildman–Crippen LogP) is 0.995. The van der Waals surface area contributed by atoms with E-state index in [1.807, 2.05) is 6.07 Å². The second-order valence-electron chi connectivity index (χ2n) is 5.91. The van der Waals surface area contributed by atoms with E-state index in [9.17, 15) is 10.0 Å². The van der Waals surface area contributed by atoms with Gasteiger partial charge in [0.25, 0.3) is 0 Å². The highest BCUT2D eigenvalue weighted by atomic mass is 16.5. The molecule has 1 aromatic rings. The van der Waals surface area contributed by atoms with E-state index >= 15 is 0 Å². The molecule has 1 saturated carbocycles. The number of rotatable bonds is 7. The van der Waals surface area contributed by atoms with Crippen molar-refractivity contribution >= 4 is 12.6 Å². The van der Waals surface area contributed by atoms with E-state index in [1.54, 1.807) is 19.2 Å². The van der Waals surface area contributed by atoms with Crippen molar-refractivity contribution < 1.29 is 14.8 Å². The van der Waals surface area contributed by atoms with Crippen LogP contribution in [0.5, 0.6) is 5.75 Å². The molecule has 2 N–H and O–H groups in total. The minimum Gasteiger partial charge on any atom is -0.496 e. The summed E-state index contributed by atoms with van der Waals surface area (Å²) < 4.78 is 5.39. The van der Waals surface area contributed by atoms with E-state index in [2.05, 4.69) is 18.7 Å². The number of nitrogens with zero attached hydrogens (tertiary/aromatic N) is 1. The van der Waals surface area contributed by atoms with Gasteiger partial charge in [-0.3, -0.25) is 4.90 Å². The highest BCUT2D eigenvalue weighted by Gasteiger charge is 2.26. The van der Waals surface area contributed by atoms with E-state index in [0.29, 0.717) is 11.5 Å². The molecule has 1 fully saturated rings. The molecule has 20 heavy (non-hydrogen) atoms. The van der Waals surface area contributed by atoms with E-state index in [0.717, 1.165) is 30.3 Å². The van der Waals surface area contributed by atoms with E-state index in [1.165, 1.54) is 12.8 Å². The van der Waals surface area contributed by atoms with E-state index < -0.39 is 7.12 Å². The summed E-state index contributed by atoms with van der Waals surface area (Å²) in [6.45, 7) is 6.27. The molecule has 0 bridgehead atoms. The first-order chi connectivity index (χ1) is 9.51. The third-order valence-electron chi connectivity index (χ3n) is 3.90. The fourth-order valence-electron chi connectivity index (χ4n) is 2.39. The normalized spacial score (nSPS) is 14.9. The van der Waals surface area contributed by atoms with Gasteiger partial charge in [-0.1, -0.05) is 12.1 Å². The van der Waals surface area contributed by atoms with Gasteiger partial charge in [-0.25, -0.2) is 0 Å². The Morgan fingerprint density at radius 2 is 2.05 bits per heavy atom. The fraction of sp³-hybridized carbons (Fsp3) is 0.600. The summed E-state index contributed by atoms with van der Waals surface area (Å²) in [4.78, 5) is 2.42. The molecule has 0 unspecified atom stereocenters. The molecule has 110 valence electrons. The van der Waals surface area contributed by atoms with Gasteiger partial charge < -0.3 is 14.8 Å². The molecule has 1 aliphatic carbocycles. The Morgan fingerprint density at radius 3 is 2.55 bits per heavy atom. The first-order valence-electron chi connectivity index (χ1n) is 7.28. The molecule has 5 heteroatoms. The highest BCUT2D eigenvalue weighted by Crippen LogP contribution is 2.31. The van der Waals surface area contributed by atoms with Crippen LogP contribution in [-0.2, 0) is 6.54 Å². The van der Waals surface area contributed by atoms with Gasteiger partial charge in [-0.2, -0.15) is 0 Å². The summed E-state index contributed by atoms with van der Waals surface area (Å²) in [5.41, 5.74) is 1.52. The van der Waals surface area contributed by atoms with Crippen LogP contribution in [0.1, 0.15) is 32.3 Å². The maximum absolute atomic E-state index is 9.31. The quantitative estimate of drug-likeness (QED) is 0.730. The van der Waals surface area contributed by atoms with Gasteiger partial charge in [0.2, 0.25) is 0 Å². The average Bonchev–Trinajstić information content (AvgIpc) is 3.21. The summed E-state index contributed by atoms with van der Waals surface area (Å²) in [7, 11) is 0.213. The smallest absolute Gasteiger partial charge is 0.488 e. The first kappa shape index (κ1) is 15.4. The number of methoxy groups -OCH3 is 1. The van der Waals surface area contributed by atoms with Gasteiger partial charge in [0.15, 0.2) is 0 Å². The van der Waals surface area contributed by atoms with Crippen LogP contribution in [0, 0.1) is 5.92 Å². The van der Waals surface area contributed by atoms with Crippen molar-refractivity contribution in [3.63, 3.8) is 0 Å². The van der Waals surface area contributed by atoms with Crippen molar-refractivity contribution in [2.75, 3.05) is 13.7 Å². The SMILES string of the molecule is COc1ccc(B(O)O)cc1CN(CC1CC1)C(C)C. The molecule has 0 radical (unpaired) electrons. The topological polar surface area (TPSA) is 52.9 Å². The lowest BCUT2D eigenvalue weighted by atomic mass is 9.79. The van der Waals surface area contributed by atoms with Gasteiger partial charge in [0.05, 0.1) is 7.11 Å². The number of hydrogen-bond acceptors (Lipinski definition) is 4. The monoisotopic (exact) mass is 277 g/mol. The zero-order valence-electron chi connectivity index (χ0n) is 12.5. The van der Waals surface area contributed by atoms with Gasteiger partial charge in [0, 0.05) is 24.7 Å². The molecule has 0 aromatic heterocycles. The standard InChI is InChI=1S/C15H24BNO3/c1-11(2)17(9-12-4-5-12)10-13-8-14(16(18)19)6-7-15(13)20-3/h6-8,11-12,18-19H,4-5,9-10H2,1-3H3. The molecule has 0 aliphatic heterocycles. The van der Waals surface area contributed by atoms with Crippen LogP contribution in [0.2, 0.25) is 0 Å². The Labute approximate surface area is 121 Å². The molecule has 0 amide bonds. The summed E-state index contributed by atoms with van der Waals surface area (Å²) >= 11 is 0. The van der Waals surface area contributed by atoms with E-state index in [4.69, 9.17) is 4.74 Å². The Hall–Kier alpha value is -1.04. The average molecular weight is 277 g/mol. The first-order valence-corrected chi connectivity index (χ1v) is 7.28. The lowest BCUT2D eigenvalue weighted by Crippen LogP contribution is -2.34. The van der Waals surface area contributed by atoms with Crippen molar-refractivity contribution in [2.45, 2.75) is 39.3 Å². The Bertz CT molecular complexity index is 447. The van der Waals surface area contributed by atoms with Crippen LogP contribution in [0.4, 0.5) is 0 Å². The van der Waals surface area contributed by atoms with Crippen LogP contribution in [0.3, 0.4) is 0 Å². The fourth-order valence-corrected chi connectivity index (χ4v) is 2.39. The molecule has 0 heterocycles. The second kappa shape index (κ2) is 6.61. The summed E-state index contributed by atoms with van der Waals surface area (Å²) in [6, 6.07) is 5.78. The molecule has 1 aromatic carbocycles. The van der Waals surface area contributed by atoms with Crippen LogP contribution < -0.4 is 10.2 Å². The zero-order chi connectivity index (χ0) is 14.7. The van der Waals surface area contributed by atoms with E-state index in [-0.39, 0.29) is 0 Å². The van der Waals surface area contributed by atoms with Gasteiger partial charge in [-0.15, -0.1) is 0 Å². The van der Waals surface area contributed by atoms with Gasteiger partial charge in [-0.05, 0) is 44.1 Å². The molecule has 0 saturated heterocycles. The number of ether oxygens (including phenoxy) is 1. The largest absolute Gasteiger partial charge is 0.496 e. The van der Waals surface area contributed by atoms with Crippen molar-refractivity contribution in [3.05, 3.63) is 23.8 Å². The minimum atomic E-state index is -1.43. The van der Waals surface area contributed by atoms with Crippen LogP contribution in [0.25, 0.3) is 0 Å². The summed E-state index contributed by atoms with van der Waals surface area (Å²) in [5, 5.41) is 18.6. The van der Waals surface area contributed by atoms with Crippen molar-refractivity contribution in [3.8, 4) is 5.75 Å². The minimum absolute atomic E-state index is 0.461. The third kappa shape index (κ3) is 3.98. The van der Waals surface area contributed by atoms with Gasteiger partial charge in [0.1, 0.15) is 5.75 Å². The summed E-state index contributed by atoms with van der Waals surface area (Å²) in [5.74, 6) is 1.63. The molecular weight excluding hydrogens is 253 g/mol. The lowest BCUT2D eigenvalue weighted by Gasteiger charge is -2.27. The van der Waals surface area contributed by atoms with Crippen molar-refractivity contribution in [1.82, 2.24) is 4.90 Å². The highest BCUT2D eigenvalue weighted by molar-refractivity contribution is 6.58. The van der Waals surface area contributed by atoms with Crippen LogP contribution >= 0.6 is 0 Å². The number of hydrogen-bond donors (Lipinski definition) is 2.